The van der Waals surface area contributed by atoms with E-state index in [9.17, 15) is 4.79 Å². The van der Waals surface area contributed by atoms with E-state index in [1.54, 1.807) is 0 Å². The molecule has 4 heterocycles. The van der Waals surface area contributed by atoms with E-state index >= 15 is 0 Å². The molecule has 2 aromatic carbocycles. The van der Waals surface area contributed by atoms with E-state index in [1.807, 2.05) is 4.90 Å². The van der Waals surface area contributed by atoms with Gasteiger partial charge in [0.25, 0.3) is 0 Å². The average molecular weight is 419 g/mol. The molecule has 4 saturated heterocycles. The lowest BCUT2D eigenvalue weighted by molar-refractivity contribution is 0.153. The van der Waals surface area contributed by atoms with E-state index < -0.39 is 0 Å². The summed E-state index contributed by atoms with van der Waals surface area (Å²) < 4.78 is 0. The van der Waals surface area contributed by atoms with Crippen molar-refractivity contribution in [2.45, 2.75) is 31.7 Å². The number of anilines is 1. The van der Waals surface area contributed by atoms with Crippen LogP contribution in [0.3, 0.4) is 0 Å². The number of carbonyl (C=O) groups is 1. The summed E-state index contributed by atoms with van der Waals surface area (Å²) in [7, 11) is 0. The van der Waals surface area contributed by atoms with Crippen LogP contribution >= 0.6 is 0 Å². The Kier molecular flexibility index (Phi) is 5.61. The van der Waals surface area contributed by atoms with Crippen LogP contribution in [0.25, 0.3) is 11.1 Å². The summed E-state index contributed by atoms with van der Waals surface area (Å²) in [6.45, 7) is 9.06. The number of carbonyl (C=O) groups excluding carboxylic acids is 1. The molecule has 2 bridgehead atoms. The number of piperidine rings is 1. The minimum atomic E-state index is -0.0660. The first-order valence-electron chi connectivity index (χ1n) is 11.8. The third-order valence-corrected chi connectivity index (χ3v) is 7.71. The molecule has 0 saturated carbocycles. The van der Waals surface area contributed by atoms with Gasteiger partial charge in [0.05, 0.1) is 0 Å². The highest BCUT2D eigenvalue weighted by Gasteiger charge is 2.41. The van der Waals surface area contributed by atoms with Crippen molar-refractivity contribution in [2.24, 2.45) is 5.92 Å². The lowest BCUT2D eigenvalue weighted by Crippen LogP contribution is -2.58. The van der Waals surface area contributed by atoms with Gasteiger partial charge in [-0.25, -0.2) is 4.79 Å². The van der Waals surface area contributed by atoms with E-state index in [4.69, 9.17) is 0 Å². The Labute approximate surface area is 186 Å². The van der Waals surface area contributed by atoms with Crippen molar-refractivity contribution in [1.82, 2.24) is 15.1 Å². The standard InChI is InChI=1S/C26H34N4O/c1-26(12-15-28-13-10-23(26)11-14-28)27-25(31)30-18-16-29(17-19-30)24-9-5-8-22(20-24)21-6-3-2-4-7-21/h2-9,20,23H,10-19H2,1H3,(H,27,31). The fourth-order valence-electron chi connectivity index (χ4n) is 5.56. The number of rotatable bonds is 3. The molecular weight excluding hydrogens is 384 g/mol. The van der Waals surface area contributed by atoms with Crippen molar-refractivity contribution in [1.29, 1.82) is 0 Å². The Hall–Kier alpha value is -2.53. The number of benzene rings is 2. The molecule has 5 nitrogen and oxygen atoms in total. The zero-order chi connectivity index (χ0) is 21.3. The molecule has 0 aromatic heterocycles. The third-order valence-electron chi connectivity index (χ3n) is 7.71. The summed E-state index contributed by atoms with van der Waals surface area (Å²) in [6.07, 6.45) is 3.49. The maximum atomic E-state index is 13.1. The summed E-state index contributed by atoms with van der Waals surface area (Å²) in [6, 6.07) is 19.4. The predicted octanol–water partition coefficient (Wildman–Crippen LogP) is 4.06. The monoisotopic (exact) mass is 418 g/mol. The molecule has 0 radical (unpaired) electrons. The van der Waals surface area contributed by atoms with Crippen LogP contribution in [-0.4, -0.2) is 67.2 Å². The fourth-order valence-corrected chi connectivity index (χ4v) is 5.56. The molecule has 5 heteroatoms. The van der Waals surface area contributed by atoms with Crippen LogP contribution in [0, 0.1) is 5.92 Å². The number of nitrogens with one attached hydrogen (secondary N) is 1. The zero-order valence-electron chi connectivity index (χ0n) is 18.6. The Morgan fingerprint density at radius 3 is 2.32 bits per heavy atom. The number of hydrogen-bond acceptors (Lipinski definition) is 3. The SMILES string of the molecule is CC1(NC(=O)N2CCN(c3cccc(-c4ccccc4)c3)CC2)CCN2CCC1CC2. The van der Waals surface area contributed by atoms with Gasteiger partial charge < -0.3 is 20.0 Å². The Morgan fingerprint density at radius 2 is 1.58 bits per heavy atom. The van der Waals surface area contributed by atoms with Gasteiger partial charge in [0.15, 0.2) is 0 Å². The van der Waals surface area contributed by atoms with Crippen molar-refractivity contribution in [3.8, 4) is 11.1 Å². The molecule has 4 aliphatic rings. The summed E-state index contributed by atoms with van der Waals surface area (Å²) in [5, 5.41) is 3.46. The summed E-state index contributed by atoms with van der Waals surface area (Å²) in [5.74, 6) is 0.609. The van der Waals surface area contributed by atoms with Crippen LogP contribution < -0.4 is 10.2 Å². The van der Waals surface area contributed by atoms with Gasteiger partial charge in [0.2, 0.25) is 0 Å². The van der Waals surface area contributed by atoms with Gasteiger partial charge in [0, 0.05) is 44.0 Å². The lowest BCUT2D eigenvalue weighted by Gasteiger charge is -2.41. The molecule has 31 heavy (non-hydrogen) atoms. The quantitative estimate of drug-likeness (QED) is 0.817. The van der Waals surface area contributed by atoms with Crippen LogP contribution in [0.2, 0.25) is 0 Å². The Morgan fingerprint density at radius 1 is 0.871 bits per heavy atom. The van der Waals surface area contributed by atoms with Crippen LogP contribution in [0.15, 0.2) is 54.6 Å². The molecule has 0 spiro atoms. The molecule has 6 rings (SSSR count). The molecule has 2 aromatic rings. The second-order valence-corrected chi connectivity index (χ2v) is 9.60. The second kappa shape index (κ2) is 8.54. The van der Waals surface area contributed by atoms with Crippen molar-refractivity contribution < 1.29 is 4.79 Å². The van der Waals surface area contributed by atoms with Crippen molar-refractivity contribution in [3.63, 3.8) is 0 Å². The molecule has 1 N–H and O–H groups in total. The first kappa shape index (κ1) is 20.4. The highest BCUT2D eigenvalue weighted by atomic mass is 16.2. The minimum Gasteiger partial charge on any atom is -0.368 e. The molecule has 2 amide bonds. The minimum absolute atomic E-state index is 0.0660. The number of amides is 2. The number of urea groups is 1. The van der Waals surface area contributed by atoms with Gasteiger partial charge in [-0.15, -0.1) is 0 Å². The fraction of sp³-hybridized carbons (Fsp3) is 0.500. The summed E-state index contributed by atoms with van der Waals surface area (Å²) >= 11 is 0. The van der Waals surface area contributed by atoms with Crippen molar-refractivity contribution in [2.75, 3.05) is 50.7 Å². The van der Waals surface area contributed by atoms with E-state index in [2.05, 4.69) is 76.6 Å². The predicted molar refractivity (Wildman–Crippen MR) is 126 cm³/mol. The smallest absolute Gasteiger partial charge is 0.317 e. The molecule has 4 fully saturated rings. The number of hydrogen-bond donors (Lipinski definition) is 1. The van der Waals surface area contributed by atoms with E-state index in [-0.39, 0.29) is 11.6 Å². The molecule has 1 atom stereocenters. The number of piperazine rings is 1. The van der Waals surface area contributed by atoms with Gasteiger partial charge in [0.1, 0.15) is 0 Å². The molecular formula is C26H34N4O. The third kappa shape index (κ3) is 4.29. The summed E-state index contributed by atoms with van der Waals surface area (Å²) in [4.78, 5) is 20.1. The normalized spacial score (nSPS) is 28.3. The maximum absolute atomic E-state index is 13.1. The van der Waals surface area contributed by atoms with Crippen LogP contribution in [-0.2, 0) is 0 Å². The summed E-state index contributed by atoms with van der Waals surface area (Å²) in [5.41, 5.74) is 3.65. The zero-order valence-corrected chi connectivity index (χ0v) is 18.6. The second-order valence-electron chi connectivity index (χ2n) is 9.60. The lowest BCUT2D eigenvalue weighted by atomic mass is 9.79. The Balaban J connectivity index is 1.20. The van der Waals surface area contributed by atoms with Crippen LogP contribution in [0.1, 0.15) is 26.2 Å². The molecule has 164 valence electrons. The van der Waals surface area contributed by atoms with Crippen molar-refractivity contribution in [3.05, 3.63) is 54.6 Å². The highest BCUT2D eigenvalue weighted by Crippen LogP contribution is 2.35. The topological polar surface area (TPSA) is 38.8 Å². The average Bonchev–Trinajstić information content (AvgIpc) is 3.08. The van der Waals surface area contributed by atoms with Gasteiger partial charge in [-0.2, -0.15) is 0 Å². The van der Waals surface area contributed by atoms with Crippen LogP contribution in [0.4, 0.5) is 10.5 Å². The van der Waals surface area contributed by atoms with E-state index in [1.165, 1.54) is 42.7 Å². The van der Waals surface area contributed by atoms with Gasteiger partial charge in [-0.3, -0.25) is 0 Å². The molecule has 4 aliphatic heterocycles. The van der Waals surface area contributed by atoms with E-state index in [0.717, 1.165) is 39.1 Å². The first-order chi connectivity index (χ1) is 15.1. The molecule has 0 aliphatic carbocycles. The van der Waals surface area contributed by atoms with Crippen molar-refractivity contribution >= 4 is 11.7 Å². The molecule has 1 unspecified atom stereocenters. The number of nitrogens with zero attached hydrogens (tertiary/aromatic N) is 3. The van der Waals surface area contributed by atoms with Crippen LogP contribution in [0.5, 0.6) is 0 Å². The van der Waals surface area contributed by atoms with E-state index in [0.29, 0.717) is 5.92 Å². The Bertz CT molecular complexity index is 901. The highest BCUT2D eigenvalue weighted by molar-refractivity contribution is 5.76. The van der Waals surface area contributed by atoms with Gasteiger partial charge >= 0.3 is 6.03 Å². The maximum Gasteiger partial charge on any atom is 0.317 e. The first-order valence-corrected chi connectivity index (χ1v) is 11.8. The number of fused-ring (bicyclic) bond motifs is 4. The van der Waals surface area contributed by atoms with Gasteiger partial charge in [-0.1, -0.05) is 42.5 Å². The largest absolute Gasteiger partial charge is 0.368 e. The van der Waals surface area contributed by atoms with Gasteiger partial charge in [-0.05, 0) is 68.5 Å².